The SMILES string of the molecule is CN1CCN(c2ccc(-c3ccc4[nH]c5nccc(-c6ccc(-c7ccccc7C=O)cc6)c5c4c3)cc2)CC1. The molecule has 4 aromatic carbocycles. The van der Waals surface area contributed by atoms with Gasteiger partial charge in [0.25, 0.3) is 0 Å². The fraction of sp³-hybridized carbons (Fsp3) is 0.143. The van der Waals surface area contributed by atoms with Gasteiger partial charge in [0, 0.05) is 59.9 Å². The Labute approximate surface area is 233 Å². The maximum Gasteiger partial charge on any atom is 0.150 e. The van der Waals surface area contributed by atoms with Crippen LogP contribution >= 0.6 is 0 Å². The van der Waals surface area contributed by atoms with Crippen LogP contribution in [0.2, 0.25) is 0 Å². The van der Waals surface area contributed by atoms with Gasteiger partial charge in [-0.05, 0) is 70.8 Å². The molecule has 0 aliphatic carbocycles. The van der Waals surface area contributed by atoms with Crippen molar-refractivity contribution in [3.8, 4) is 33.4 Å². The molecule has 1 aliphatic rings. The number of benzene rings is 4. The van der Waals surface area contributed by atoms with Crippen molar-refractivity contribution in [2.45, 2.75) is 0 Å². The second-order valence-electron chi connectivity index (χ2n) is 10.6. The molecule has 0 radical (unpaired) electrons. The fourth-order valence-electron chi connectivity index (χ4n) is 5.86. The van der Waals surface area contributed by atoms with Crippen molar-refractivity contribution in [2.24, 2.45) is 0 Å². The number of carbonyl (C=O) groups is 1. The molecular formula is C35H30N4O. The summed E-state index contributed by atoms with van der Waals surface area (Å²) < 4.78 is 0. The van der Waals surface area contributed by atoms with E-state index in [1.807, 2.05) is 30.5 Å². The van der Waals surface area contributed by atoms with Crippen molar-refractivity contribution in [3.05, 3.63) is 109 Å². The number of nitrogens with zero attached hydrogens (tertiary/aromatic N) is 3. The third-order valence-electron chi connectivity index (χ3n) is 8.16. The fourth-order valence-corrected chi connectivity index (χ4v) is 5.86. The Bertz CT molecular complexity index is 1830. The predicted molar refractivity (Wildman–Crippen MR) is 165 cm³/mol. The summed E-state index contributed by atoms with van der Waals surface area (Å²) >= 11 is 0. The highest BCUT2D eigenvalue weighted by molar-refractivity contribution is 6.13. The van der Waals surface area contributed by atoms with Gasteiger partial charge in [-0.1, -0.05) is 66.7 Å². The van der Waals surface area contributed by atoms with Crippen LogP contribution in [-0.4, -0.2) is 54.4 Å². The number of pyridine rings is 1. The Hall–Kier alpha value is -4.74. The van der Waals surface area contributed by atoms with Gasteiger partial charge in [-0.2, -0.15) is 0 Å². The van der Waals surface area contributed by atoms with E-state index in [1.165, 1.54) is 16.8 Å². The van der Waals surface area contributed by atoms with Crippen LogP contribution in [-0.2, 0) is 0 Å². The average molecular weight is 523 g/mol. The molecule has 0 spiro atoms. The Balaban J connectivity index is 1.25. The summed E-state index contributed by atoms with van der Waals surface area (Å²) in [6.45, 7) is 4.34. The quantitative estimate of drug-likeness (QED) is 0.242. The molecule has 1 fully saturated rings. The molecule has 7 rings (SSSR count). The molecule has 1 aliphatic heterocycles. The number of aromatic amines is 1. The Morgan fingerprint density at radius 3 is 2.15 bits per heavy atom. The van der Waals surface area contributed by atoms with Crippen molar-refractivity contribution in [1.29, 1.82) is 0 Å². The first-order valence-corrected chi connectivity index (χ1v) is 13.8. The largest absolute Gasteiger partial charge is 0.369 e. The summed E-state index contributed by atoms with van der Waals surface area (Å²) in [5, 5.41) is 2.28. The lowest BCUT2D eigenvalue weighted by molar-refractivity contribution is 0.112. The molecule has 5 nitrogen and oxygen atoms in total. The number of hydrogen-bond donors (Lipinski definition) is 1. The summed E-state index contributed by atoms with van der Waals surface area (Å²) in [5.74, 6) is 0. The Morgan fingerprint density at radius 2 is 1.40 bits per heavy atom. The number of fused-ring (bicyclic) bond motifs is 3. The number of piperazine rings is 1. The van der Waals surface area contributed by atoms with E-state index in [4.69, 9.17) is 0 Å². The predicted octanol–water partition coefficient (Wildman–Crippen LogP) is 7.28. The van der Waals surface area contributed by atoms with Crippen molar-refractivity contribution in [3.63, 3.8) is 0 Å². The molecule has 1 N–H and O–H groups in total. The minimum Gasteiger partial charge on any atom is -0.369 e. The lowest BCUT2D eigenvalue weighted by Crippen LogP contribution is -2.44. The Morgan fingerprint density at radius 1 is 0.725 bits per heavy atom. The second kappa shape index (κ2) is 10.1. The van der Waals surface area contributed by atoms with E-state index < -0.39 is 0 Å². The highest BCUT2D eigenvalue weighted by Gasteiger charge is 2.16. The van der Waals surface area contributed by atoms with E-state index in [2.05, 4.69) is 99.6 Å². The summed E-state index contributed by atoms with van der Waals surface area (Å²) in [6.07, 6.45) is 2.78. The highest BCUT2D eigenvalue weighted by Crippen LogP contribution is 2.37. The minimum atomic E-state index is 0.697. The van der Waals surface area contributed by atoms with Gasteiger partial charge in [-0.25, -0.2) is 4.98 Å². The van der Waals surface area contributed by atoms with E-state index in [9.17, 15) is 4.79 Å². The zero-order valence-electron chi connectivity index (χ0n) is 22.5. The molecule has 6 aromatic rings. The van der Waals surface area contributed by atoms with Crippen LogP contribution in [0.15, 0.2) is 103 Å². The first-order chi connectivity index (χ1) is 19.7. The minimum absolute atomic E-state index is 0.697. The lowest BCUT2D eigenvalue weighted by atomic mass is 9.95. The molecule has 0 atom stereocenters. The van der Waals surface area contributed by atoms with E-state index in [-0.39, 0.29) is 0 Å². The van der Waals surface area contributed by atoms with Crippen molar-refractivity contribution in [2.75, 3.05) is 38.1 Å². The smallest absolute Gasteiger partial charge is 0.150 e. The van der Waals surface area contributed by atoms with Gasteiger partial charge in [0.15, 0.2) is 6.29 Å². The third-order valence-corrected chi connectivity index (χ3v) is 8.16. The highest BCUT2D eigenvalue weighted by atomic mass is 16.1. The number of aldehydes is 1. The number of likely N-dealkylation sites (N-methyl/N-ethyl adjacent to an activating group) is 1. The maximum atomic E-state index is 11.5. The molecule has 5 heteroatoms. The number of rotatable bonds is 5. The maximum absolute atomic E-state index is 11.5. The average Bonchev–Trinajstić information content (AvgIpc) is 3.40. The number of carbonyl (C=O) groups excluding carboxylic acids is 1. The van der Waals surface area contributed by atoms with Crippen LogP contribution in [0.3, 0.4) is 0 Å². The zero-order valence-corrected chi connectivity index (χ0v) is 22.5. The number of aromatic nitrogens is 2. The molecular weight excluding hydrogens is 492 g/mol. The Kier molecular flexibility index (Phi) is 6.14. The van der Waals surface area contributed by atoms with Gasteiger partial charge in [0.2, 0.25) is 0 Å². The van der Waals surface area contributed by atoms with Crippen LogP contribution in [0.5, 0.6) is 0 Å². The first-order valence-electron chi connectivity index (χ1n) is 13.8. The van der Waals surface area contributed by atoms with Crippen LogP contribution < -0.4 is 4.90 Å². The molecule has 0 saturated carbocycles. The van der Waals surface area contributed by atoms with Gasteiger partial charge >= 0.3 is 0 Å². The topological polar surface area (TPSA) is 52.2 Å². The molecule has 2 aromatic heterocycles. The summed E-state index contributed by atoms with van der Waals surface area (Å²) in [6, 6.07) is 33.8. The number of anilines is 1. The third kappa shape index (κ3) is 4.34. The van der Waals surface area contributed by atoms with Gasteiger partial charge in [-0.15, -0.1) is 0 Å². The van der Waals surface area contributed by atoms with E-state index in [1.54, 1.807) is 0 Å². The van der Waals surface area contributed by atoms with Crippen LogP contribution in [0.25, 0.3) is 55.3 Å². The normalized spacial score (nSPS) is 14.2. The molecule has 3 heterocycles. The molecule has 0 amide bonds. The molecule has 0 bridgehead atoms. The van der Waals surface area contributed by atoms with Crippen molar-refractivity contribution in [1.82, 2.24) is 14.9 Å². The second-order valence-corrected chi connectivity index (χ2v) is 10.6. The lowest BCUT2D eigenvalue weighted by Gasteiger charge is -2.34. The van der Waals surface area contributed by atoms with E-state index >= 15 is 0 Å². The number of nitrogens with one attached hydrogen (secondary N) is 1. The van der Waals surface area contributed by atoms with Crippen LogP contribution in [0, 0.1) is 0 Å². The first kappa shape index (κ1) is 24.3. The summed E-state index contributed by atoms with van der Waals surface area (Å²) in [7, 11) is 2.19. The van der Waals surface area contributed by atoms with E-state index in [0.29, 0.717) is 5.56 Å². The zero-order chi connectivity index (χ0) is 27.1. The van der Waals surface area contributed by atoms with Gasteiger partial charge in [0.05, 0.1) is 0 Å². The van der Waals surface area contributed by atoms with Gasteiger partial charge in [-0.3, -0.25) is 4.79 Å². The van der Waals surface area contributed by atoms with E-state index in [0.717, 1.165) is 76.7 Å². The standard InChI is InChI=1S/C35H30N4O/c1-38-18-20-39(21-19-38)29-13-10-24(11-14-29)27-12-15-33-32(22-27)34-31(16-17-36-35(34)37-33)26-8-6-25(7-9-26)30-5-3-2-4-28(30)23-40/h2-17,22-23H,18-21H2,1H3,(H,36,37). The monoisotopic (exact) mass is 522 g/mol. The van der Waals surface area contributed by atoms with Gasteiger partial charge in [0.1, 0.15) is 5.65 Å². The number of hydrogen-bond acceptors (Lipinski definition) is 4. The molecule has 40 heavy (non-hydrogen) atoms. The molecule has 196 valence electrons. The molecule has 0 unspecified atom stereocenters. The number of H-pyrrole nitrogens is 1. The summed E-state index contributed by atoms with van der Waals surface area (Å²) in [4.78, 5) is 24.6. The molecule has 1 saturated heterocycles. The van der Waals surface area contributed by atoms with Crippen molar-refractivity contribution < 1.29 is 4.79 Å². The van der Waals surface area contributed by atoms with Crippen molar-refractivity contribution >= 4 is 33.9 Å². The van der Waals surface area contributed by atoms with Gasteiger partial charge < -0.3 is 14.8 Å². The van der Waals surface area contributed by atoms with Crippen LogP contribution in [0.4, 0.5) is 5.69 Å². The summed E-state index contributed by atoms with van der Waals surface area (Å²) in [5.41, 5.74) is 10.5. The van der Waals surface area contributed by atoms with Crippen LogP contribution in [0.1, 0.15) is 10.4 Å².